The van der Waals surface area contributed by atoms with Crippen molar-refractivity contribution in [3.05, 3.63) is 0 Å². The van der Waals surface area contributed by atoms with Crippen LogP contribution in [0, 0.1) is 11.8 Å². The molecule has 2 atom stereocenters. The minimum atomic E-state index is 0.926. The van der Waals surface area contributed by atoms with E-state index in [1.165, 1.54) is 38.8 Å². The van der Waals surface area contributed by atoms with Gasteiger partial charge in [0.2, 0.25) is 0 Å². The highest BCUT2D eigenvalue weighted by Gasteiger charge is 2.10. The Bertz CT molecular complexity index is 89.0. The maximum absolute atomic E-state index is 3.48. The molecule has 1 heterocycles. The van der Waals surface area contributed by atoms with Crippen molar-refractivity contribution in [2.45, 2.75) is 39.5 Å². The van der Waals surface area contributed by atoms with Crippen LogP contribution in [0.15, 0.2) is 0 Å². The highest BCUT2D eigenvalue weighted by Crippen LogP contribution is 2.19. The van der Waals surface area contributed by atoms with Gasteiger partial charge in [-0.3, -0.25) is 0 Å². The standard InChI is InChI=1S/C10H21N/c1-9-4-3-6-11-7-5-10(2)8-9/h9-11H,3-8H2,1-2H3/t9-,10-/m0/s1. The molecule has 0 radical (unpaired) electrons. The highest BCUT2D eigenvalue weighted by molar-refractivity contribution is 4.64. The third-order valence-corrected chi connectivity index (χ3v) is 2.67. The van der Waals surface area contributed by atoms with Gasteiger partial charge >= 0.3 is 0 Å². The van der Waals surface area contributed by atoms with Crippen LogP contribution in [-0.2, 0) is 0 Å². The summed E-state index contributed by atoms with van der Waals surface area (Å²) in [6, 6.07) is 0. The molecule has 66 valence electrons. The Morgan fingerprint density at radius 3 is 2.55 bits per heavy atom. The van der Waals surface area contributed by atoms with E-state index in [4.69, 9.17) is 0 Å². The van der Waals surface area contributed by atoms with Gasteiger partial charge in [-0.15, -0.1) is 0 Å². The molecule has 1 rings (SSSR count). The molecule has 1 saturated heterocycles. The van der Waals surface area contributed by atoms with Gasteiger partial charge in [0.25, 0.3) is 0 Å². The van der Waals surface area contributed by atoms with E-state index >= 15 is 0 Å². The first kappa shape index (κ1) is 9.05. The Morgan fingerprint density at radius 1 is 1.00 bits per heavy atom. The van der Waals surface area contributed by atoms with Crippen LogP contribution >= 0.6 is 0 Å². The Labute approximate surface area is 70.6 Å². The minimum absolute atomic E-state index is 0.926. The largest absolute Gasteiger partial charge is 0.317 e. The fourth-order valence-electron chi connectivity index (χ4n) is 1.97. The molecular formula is C10H21N. The van der Waals surface area contributed by atoms with Gasteiger partial charge in [0.15, 0.2) is 0 Å². The second kappa shape index (κ2) is 4.76. The van der Waals surface area contributed by atoms with Crippen LogP contribution in [0.3, 0.4) is 0 Å². The summed E-state index contributed by atoms with van der Waals surface area (Å²) in [7, 11) is 0. The molecule has 0 unspecified atom stereocenters. The summed E-state index contributed by atoms with van der Waals surface area (Å²) in [4.78, 5) is 0. The maximum Gasteiger partial charge on any atom is -0.00464 e. The lowest BCUT2D eigenvalue weighted by Crippen LogP contribution is -2.17. The van der Waals surface area contributed by atoms with E-state index < -0.39 is 0 Å². The predicted molar refractivity (Wildman–Crippen MR) is 49.7 cm³/mol. The van der Waals surface area contributed by atoms with E-state index in [1.54, 1.807) is 0 Å². The maximum atomic E-state index is 3.48. The van der Waals surface area contributed by atoms with Gasteiger partial charge in [-0.2, -0.15) is 0 Å². The van der Waals surface area contributed by atoms with Crippen molar-refractivity contribution in [1.82, 2.24) is 5.32 Å². The van der Waals surface area contributed by atoms with Crippen molar-refractivity contribution in [3.63, 3.8) is 0 Å². The highest BCUT2D eigenvalue weighted by atomic mass is 14.8. The molecule has 1 fully saturated rings. The summed E-state index contributed by atoms with van der Waals surface area (Å²) < 4.78 is 0. The number of rotatable bonds is 0. The molecule has 0 aliphatic carbocycles. The second-order valence-electron chi connectivity index (χ2n) is 4.13. The monoisotopic (exact) mass is 155 g/mol. The van der Waals surface area contributed by atoms with Gasteiger partial charge in [0.1, 0.15) is 0 Å². The SMILES string of the molecule is C[C@H]1CCCNCC[C@H](C)C1. The molecular weight excluding hydrogens is 134 g/mol. The average molecular weight is 155 g/mol. The van der Waals surface area contributed by atoms with Crippen LogP contribution in [0.25, 0.3) is 0 Å². The van der Waals surface area contributed by atoms with Crippen molar-refractivity contribution in [2.75, 3.05) is 13.1 Å². The summed E-state index contributed by atoms with van der Waals surface area (Å²) in [5, 5.41) is 3.48. The van der Waals surface area contributed by atoms with Crippen LogP contribution in [0.4, 0.5) is 0 Å². The van der Waals surface area contributed by atoms with Gasteiger partial charge in [0.05, 0.1) is 0 Å². The minimum Gasteiger partial charge on any atom is -0.317 e. The first-order chi connectivity index (χ1) is 5.29. The molecule has 0 aromatic rings. The third kappa shape index (κ3) is 3.76. The normalized spacial score (nSPS) is 35.5. The van der Waals surface area contributed by atoms with E-state index in [9.17, 15) is 0 Å². The molecule has 1 N–H and O–H groups in total. The molecule has 1 aliphatic rings. The molecule has 1 heteroatoms. The van der Waals surface area contributed by atoms with E-state index in [-0.39, 0.29) is 0 Å². The van der Waals surface area contributed by atoms with Crippen LogP contribution in [0.2, 0.25) is 0 Å². The van der Waals surface area contributed by atoms with Gasteiger partial charge < -0.3 is 5.32 Å². The van der Waals surface area contributed by atoms with Gasteiger partial charge in [-0.05, 0) is 50.6 Å². The lowest BCUT2D eigenvalue weighted by atomic mass is 9.92. The van der Waals surface area contributed by atoms with Crippen molar-refractivity contribution in [3.8, 4) is 0 Å². The van der Waals surface area contributed by atoms with E-state index in [0.29, 0.717) is 0 Å². The van der Waals surface area contributed by atoms with Crippen molar-refractivity contribution >= 4 is 0 Å². The Hall–Kier alpha value is -0.0400. The zero-order chi connectivity index (χ0) is 8.10. The fraction of sp³-hybridized carbons (Fsp3) is 1.00. The molecule has 0 spiro atoms. The molecule has 0 aromatic heterocycles. The molecule has 0 saturated carbocycles. The van der Waals surface area contributed by atoms with E-state index in [0.717, 1.165) is 11.8 Å². The van der Waals surface area contributed by atoms with Crippen LogP contribution in [0.1, 0.15) is 39.5 Å². The Morgan fingerprint density at radius 2 is 1.73 bits per heavy atom. The topological polar surface area (TPSA) is 12.0 Å². The summed E-state index contributed by atoms with van der Waals surface area (Å²) in [5.41, 5.74) is 0. The molecule has 1 nitrogen and oxygen atoms in total. The Balaban J connectivity index is 2.27. The zero-order valence-corrected chi connectivity index (χ0v) is 7.90. The van der Waals surface area contributed by atoms with Crippen LogP contribution < -0.4 is 5.32 Å². The number of hydrogen-bond donors (Lipinski definition) is 1. The summed E-state index contributed by atoms with van der Waals surface area (Å²) in [5.74, 6) is 1.88. The van der Waals surface area contributed by atoms with Gasteiger partial charge in [-0.25, -0.2) is 0 Å². The first-order valence-electron chi connectivity index (χ1n) is 4.99. The van der Waals surface area contributed by atoms with Crippen LogP contribution in [0.5, 0.6) is 0 Å². The lowest BCUT2D eigenvalue weighted by Gasteiger charge is -2.14. The van der Waals surface area contributed by atoms with Gasteiger partial charge in [-0.1, -0.05) is 13.8 Å². The predicted octanol–water partition coefficient (Wildman–Crippen LogP) is 2.42. The fourth-order valence-corrected chi connectivity index (χ4v) is 1.97. The van der Waals surface area contributed by atoms with Crippen molar-refractivity contribution in [2.24, 2.45) is 11.8 Å². The summed E-state index contributed by atoms with van der Waals surface area (Å²) in [6.07, 6.45) is 5.58. The third-order valence-electron chi connectivity index (χ3n) is 2.67. The smallest absolute Gasteiger partial charge is 0.00464 e. The molecule has 0 bridgehead atoms. The van der Waals surface area contributed by atoms with E-state index in [1.807, 2.05) is 0 Å². The average Bonchev–Trinajstić information content (AvgIpc) is 2.02. The van der Waals surface area contributed by atoms with Crippen molar-refractivity contribution in [1.29, 1.82) is 0 Å². The van der Waals surface area contributed by atoms with E-state index in [2.05, 4.69) is 19.2 Å². The second-order valence-corrected chi connectivity index (χ2v) is 4.13. The number of nitrogens with one attached hydrogen (secondary N) is 1. The molecule has 0 aromatic carbocycles. The summed E-state index contributed by atoms with van der Waals surface area (Å²) in [6.45, 7) is 7.23. The first-order valence-corrected chi connectivity index (χ1v) is 4.99. The molecule has 0 amide bonds. The molecule has 11 heavy (non-hydrogen) atoms. The zero-order valence-electron chi connectivity index (χ0n) is 7.90. The number of hydrogen-bond acceptors (Lipinski definition) is 1. The summed E-state index contributed by atoms with van der Waals surface area (Å²) >= 11 is 0. The quantitative estimate of drug-likeness (QED) is 0.566. The van der Waals surface area contributed by atoms with Crippen LogP contribution in [-0.4, -0.2) is 13.1 Å². The Kier molecular flexibility index (Phi) is 3.92. The molecule has 1 aliphatic heterocycles. The van der Waals surface area contributed by atoms with Gasteiger partial charge in [0, 0.05) is 0 Å². The lowest BCUT2D eigenvalue weighted by molar-refractivity contribution is 0.388. The van der Waals surface area contributed by atoms with Crippen molar-refractivity contribution < 1.29 is 0 Å².